The number of thiophene rings is 1. The van der Waals surface area contributed by atoms with Gasteiger partial charge in [0.25, 0.3) is 0 Å². The molecule has 1 saturated heterocycles. The quantitative estimate of drug-likeness (QED) is 0.684. The van der Waals surface area contributed by atoms with E-state index >= 15 is 0 Å². The minimum Gasteiger partial charge on any atom is -0.480 e. The number of aryl methyl sites for hydroxylation is 1. The second-order valence-electron chi connectivity index (χ2n) is 6.92. The molecule has 3 aromatic rings. The molecular formula is C22H23NO2S. The van der Waals surface area contributed by atoms with Crippen molar-refractivity contribution in [1.29, 1.82) is 0 Å². The average molecular weight is 365 g/mol. The topological polar surface area (TPSA) is 40.5 Å². The molecule has 2 aromatic carbocycles. The molecule has 0 aliphatic carbocycles. The van der Waals surface area contributed by atoms with Crippen LogP contribution in [0.15, 0.2) is 53.9 Å². The monoisotopic (exact) mass is 365 g/mol. The van der Waals surface area contributed by atoms with Crippen molar-refractivity contribution < 1.29 is 9.90 Å². The van der Waals surface area contributed by atoms with E-state index in [2.05, 4.69) is 65.7 Å². The highest BCUT2D eigenvalue weighted by Crippen LogP contribution is 2.40. The van der Waals surface area contributed by atoms with Gasteiger partial charge in [0.05, 0.1) is 6.04 Å². The Hall–Kier alpha value is -2.17. The van der Waals surface area contributed by atoms with Gasteiger partial charge in [-0.05, 0) is 52.8 Å². The van der Waals surface area contributed by atoms with Gasteiger partial charge in [-0.1, -0.05) is 49.4 Å². The highest BCUT2D eigenvalue weighted by molar-refractivity contribution is 7.17. The number of carboxylic acid groups (broad SMARTS) is 1. The lowest BCUT2D eigenvalue weighted by Gasteiger charge is -2.31. The van der Waals surface area contributed by atoms with Gasteiger partial charge in [-0.25, -0.2) is 0 Å². The molecule has 3 nitrogen and oxygen atoms in total. The number of carboxylic acids is 1. The number of hydrogen-bond donors (Lipinski definition) is 1. The lowest BCUT2D eigenvalue weighted by molar-refractivity contribution is -0.142. The summed E-state index contributed by atoms with van der Waals surface area (Å²) in [6.07, 6.45) is 2.66. The van der Waals surface area contributed by atoms with E-state index < -0.39 is 12.0 Å². The normalized spacial score (nSPS) is 19.0. The third kappa shape index (κ3) is 3.04. The predicted molar refractivity (Wildman–Crippen MR) is 107 cm³/mol. The second-order valence-corrected chi connectivity index (χ2v) is 7.83. The smallest absolute Gasteiger partial charge is 0.320 e. The number of hydrogen-bond acceptors (Lipinski definition) is 3. The maximum atomic E-state index is 11.8. The fourth-order valence-corrected chi connectivity index (χ4v) is 5.04. The van der Waals surface area contributed by atoms with Crippen LogP contribution in [-0.4, -0.2) is 28.6 Å². The Morgan fingerprint density at radius 2 is 2.00 bits per heavy atom. The third-order valence-corrected chi connectivity index (χ3v) is 6.40. The molecule has 0 spiro atoms. The van der Waals surface area contributed by atoms with Crippen LogP contribution in [0.4, 0.5) is 0 Å². The van der Waals surface area contributed by atoms with Gasteiger partial charge in [-0.3, -0.25) is 9.69 Å². The molecule has 26 heavy (non-hydrogen) atoms. The van der Waals surface area contributed by atoms with E-state index in [1.54, 1.807) is 11.3 Å². The van der Waals surface area contributed by atoms with Gasteiger partial charge in [0.15, 0.2) is 0 Å². The van der Waals surface area contributed by atoms with Crippen molar-refractivity contribution in [2.24, 2.45) is 0 Å². The third-order valence-electron chi connectivity index (χ3n) is 5.42. The van der Waals surface area contributed by atoms with Gasteiger partial charge in [0.2, 0.25) is 0 Å². The Kier molecular flexibility index (Phi) is 4.79. The molecule has 4 heteroatoms. The van der Waals surface area contributed by atoms with Crippen LogP contribution < -0.4 is 0 Å². The summed E-state index contributed by atoms with van der Waals surface area (Å²) in [5.74, 6) is -0.711. The van der Waals surface area contributed by atoms with Gasteiger partial charge in [-0.2, -0.15) is 0 Å². The summed E-state index contributed by atoms with van der Waals surface area (Å²) >= 11 is 1.74. The standard InChI is InChI=1S/C22H23NO2S/c1-2-15-9-11-16(12-10-15)21(23-13-5-7-19(23)22(24)25)18-14-26-20-8-4-3-6-17(18)20/h3-4,6,8-12,14,19,21H,2,5,7,13H2,1H3,(H,24,25). The largest absolute Gasteiger partial charge is 0.480 e. The maximum Gasteiger partial charge on any atom is 0.320 e. The van der Waals surface area contributed by atoms with E-state index in [-0.39, 0.29) is 6.04 Å². The number of nitrogens with zero attached hydrogens (tertiary/aromatic N) is 1. The Labute approximate surface area is 157 Å². The second kappa shape index (κ2) is 7.22. The summed E-state index contributed by atoms with van der Waals surface area (Å²) in [5.41, 5.74) is 3.71. The molecule has 2 unspecified atom stereocenters. The first-order chi connectivity index (χ1) is 12.7. The molecule has 0 saturated carbocycles. The first-order valence-corrected chi connectivity index (χ1v) is 10.1. The SMILES string of the molecule is CCc1ccc(C(c2csc3ccccc23)N2CCCC2C(=O)O)cc1. The van der Waals surface area contributed by atoms with Crippen molar-refractivity contribution in [3.63, 3.8) is 0 Å². The molecule has 0 bridgehead atoms. The lowest BCUT2D eigenvalue weighted by Crippen LogP contribution is -2.39. The van der Waals surface area contributed by atoms with Crippen LogP contribution in [0.25, 0.3) is 10.1 Å². The van der Waals surface area contributed by atoms with E-state index in [4.69, 9.17) is 0 Å². The molecule has 0 amide bonds. The number of benzene rings is 2. The van der Waals surface area contributed by atoms with Crippen molar-refractivity contribution in [1.82, 2.24) is 4.90 Å². The molecule has 2 atom stereocenters. The molecule has 1 aromatic heterocycles. The van der Waals surface area contributed by atoms with Crippen molar-refractivity contribution in [2.75, 3.05) is 6.54 Å². The van der Waals surface area contributed by atoms with E-state index in [1.807, 2.05) is 0 Å². The first-order valence-electron chi connectivity index (χ1n) is 9.22. The molecule has 1 aliphatic heterocycles. The molecule has 1 N–H and O–H groups in total. The van der Waals surface area contributed by atoms with Crippen molar-refractivity contribution >= 4 is 27.4 Å². The lowest BCUT2D eigenvalue weighted by atomic mass is 9.94. The highest BCUT2D eigenvalue weighted by atomic mass is 32.1. The molecular weight excluding hydrogens is 342 g/mol. The van der Waals surface area contributed by atoms with Crippen LogP contribution in [0.1, 0.15) is 42.5 Å². The summed E-state index contributed by atoms with van der Waals surface area (Å²) in [6.45, 7) is 2.97. The molecule has 1 fully saturated rings. The minimum atomic E-state index is -0.711. The number of aliphatic carboxylic acids is 1. The summed E-state index contributed by atoms with van der Waals surface area (Å²) < 4.78 is 1.25. The van der Waals surface area contributed by atoms with Crippen LogP contribution in [-0.2, 0) is 11.2 Å². The molecule has 134 valence electrons. The molecule has 2 heterocycles. The van der Waals surface area contributed by atoms with Gasteiger partial charge in [0, 0.05) is 11.2 Å². The zero-order valence-electron chi connectivity index (χ0n) is 14.9. The summed E-state index contributed by atoms with van der Waals surface area (Å²) in [6, 6.07) is 16.7. The Bertz CT molecular complexity index is 915. The van der Waals surface area contributed by atoms with Gasteiger partial charge in [0.1, 0.15) is 6.04 Å². The zero-order valence-corrected chi connectivity index (χ0v) is 15.7. The number of carbonyl (C=O) groups is 1. The summed E-state index contributed by atoms with van der Waals surface area (Å²) in [4.78, 5) is 14.0. The van der Waals surface area contributed by atoms with Gasteiger partial charge in [-0.15, -0.1) is 11.3 Å². The first kappa shape index (κ1) is 17.3. The van der Waals surface area contributed by atoms with Gasteiger partial charge >= 0.3 is 5.97 Å². The van der Waals surface area contributed by atoms with E-state index in [9.17, 15) is 9.90 Å². The molecule has 1 aliphatic rings. The van der Waals surface area contributed by atoms with Gasteiger partial charge < -0.3 is 5.11 Å². The Morgan fingerprint density at radius 1 is 1.23 bits per heavy atom. The predicted octanol–water partition coefficient (Wildman–Crippen LogP) is 5.10. The minimum absolute atomic E-state index is 0.0133. The average Bonchev–Trinajstić information content (AvgIpc) is 3.31. The molecule has 4 rings (SSSR count). The summed E-state index contributed by atoms with van der Waals surface area (Å²) in [5, 5.41) is 13.2. The molecule has 0 radical (unpaired) electrons. The van der Waals surface area contributed by atoms with Crippen LogP contribution in [0.2, 0.25) is 0 Å². The van der Waals surface area contributed by atoms with Crippen LogP contribution in [0.3, 0.4) is 0 Å². The highest BCUT2D eigenvalue weighted by Gasteiger charge is 2.37. The van der Waals surface area contributed by atoms with Crippen LogP contribution in [0.5, 0.6) is 0 Å². The number of fused-ring (bicyclic) bond motifs is 1. The maximum absolute atomic E-state index is 11.8. The summed E-state index contributed by atoms with van der Waals surface area (Å²) in [7, 11) is 0. The van der Waals surface area contributed by atoms with Crippen LogP contribution in [0, 0.1) is 0 Å². The number of likely N-dealkylation sites (tertiary alicyclic amines) is 1. The Morgan fingerprint density at radius 3 is 2.73 bits per heavy atom. The Balaban J connectivity index is 1.84. The van der Waals surface area contributed by atoms with E-state index in [1.165, 1.54) is 26.8 Å². The van der Waals surface area contributed by atoms with E-state index in [0.29, 0.717) is 0 Å². The zero-order chi connectivity index (χ0) is 18.1. The van der Waals surface area contributed by atoms with Crippen LogP contribution >= 0.6 is 11.3 Å². The number of rotatable bonds is 5. The van der Waals surface area contributed by atoms with Crippen molar-refractivity contribution in [3.8, 4) is 0 Å². The fraction of sp³-hybridized carbons (Fsp3) is 0.318. The van der Waals surface area contributed by atoms with Crippen molar-refractivity contribution in [3.05, 3.63) is 70.6 Å². The van der Waals surface area contributed by atoms with Crippen molar-refractivity contribution in [2.45, 2.75) is 38.3 Å². The fourth-order valence-electron chi connectivity index (χ4n) is 4.06. The van der Waals surface area contributed by atoms with E-state index in [0.717, 1.165) is 25.8 Å².